The van der Waals surface area contributed by atoms with Crippen LogP contribution in [0.25, 0.3) is 0 Å². The van der Waals surface area contributed by atoms with E-state index in [4.69, 9.17) is 71.4 Å². The molecular formula is C81H95BrF6O43S2. The maximum Gasteiger partial charge on any atom is 0.534 e. The molecule has 5 aromatic rings. The van der Waals surface area contributed by atoms with Crippen LogP contribution >= 0.6 is 15.9 Å². The van der Waals surface area contributed by atoms with E-state index >= 15 is 0 Å². The molecule has 10 rings (SSSR count). The predicted octanol–water partition coefficient (Wildman–Crippen LogP) is 1.77. The average molecular weight is 2010 g/mol. The fraction of sp³-hybridized carbons (Fsp3) is 0.506. The highest BCUT2D eigenvalue weighted by molar-refractivity contribution is 9.10. The Kier molecular flexibility index (Phi) is 41.1. The highest BCUT2D eigenvalue weighted by Crippen LogP contribution is 2.43. The molecule has 43 nitrogen and oxygen atoms in total. The number of carboxylic acid groups (broad SMARTS) is 1. The van der Waals surface area contributed by atoms with Crippen molar-refractivity contribution in [1.82, 2.24) is 0 Å². The first-order chi connectivity index (χ1) is 61.9. The van der Waals surface area contributed by atoms with E-state index in [2.05, 4.69) is 24.3 Å². The number of aliphatic hydroxyl groups is 11. The Morgan fingerprint density at radius 1 is 0.338 bits per heavy atom. The summed E-state index contributed by atoms with van der Waals surface area (Å²) in [4.78, 5) is 111. The molecular weight excluding hydrogens is 1920 g/mol. The van der Waals surface area contributed by atoms with E-state index in [0.717, 1.165) is 76.3 Å². The summed E-state index contributed by atoms with van der Waals surface area (Å²) in [6.45, 7) is 8.35. The number of benzene rings is 5. The number of hydrogen-bond acceptors (Lipinski definition) is 42. The topological polar surface area (TPSA) is 650 Å². The fourth-order valence-electron chi connectivity index (χ4n) is 13.2. The molecule has 5 saturated heterocycles. The molecule has 0 amide bonds. The van der Waals surface area contributed by atoms with Crippen LogP contribution in [0.2, 0.25) is 0 Å². The lowest BCUT2D eigenvalue weighted by molar-refractivity contribution is -0.242. The number of hydrogen-bond donors (Lipinski definition) is 13. The number of esters is 9. The molecule has 5 aliphatic heterocycles. The van der Waals surface area contributed by atoms with E-state index in [1.54, 1.807) is 30.3 Å². The standard InChI is InChI=1S/2C17H19F3O10S.C17H20O9.C16H20O8.C14H17BrO6/c1-8(21)27-7-12-16(28-9(2)22)14(24)13(23)15(29-12)10-4-3-5-11(6-10)30-31(25,26)17(18,19)20;1-8(21)27-7-12-16(28-9(2)22)14(24)13(23)15(29-12)10-5-3-4-6-11(10)30-31(25,26)17(18,19)20;1-8(18)24-7-12-16(25-9(2)19)14(21)13(20)15(26-12)10-4-3-5-11(6-10)17(22)23;1-8(17)22-7-12-16(23-9(2)18)14(21)13(20)15(24-12)10-4-3-5-11(19)6-10;1-7(16)20-6-10-11(17)12(18)13(19)14(21-10)8-3-2-4-9(15)5-8/h2*3-6,12-16,23-24H,7H2,1-2H3;3-6,12-16,20-21H,7H2,1-2H3,(H,22,23);3-6,12-16,19-21H,7H2,1-2H3;2-5,10-14,17-19H,6H2,1H3/t4*12-,13+,14-,15?,16-;10-,11-,12+,13+,14?/m11111/s1. The molecule has 0 radical (unpaired) electrons. The van der Waals surface area contributed by atoms with Crippen molar-refractivity contribution >= 4 is 95.9 Å². The van der Waals surface area contributed by atoms with Gasteiger partial charge in [-0.3, -0.25) is 43.2 Å². The van der Waals surface area contributed by atoms with E-state index in [1.807, 2.05) is 6.07 Å². The highest BCUT2D eigenvalue weighted by atomic mass is 79.9. The molecule has 13 N–H and O–H groups in total. The van der Waals surface area contributed by atoms with Crippen LogP contribution in [-0.2, 0) is 130 Å². The molecule has 0 saturated carbocycles. The van der Waals surface area contributed by atoms with Gasteiger partial charge in [-0.1, -0.05) is 82.7 Å². The quantitative estimate of drug-likeness (QED) is 0.0138. The summed E-state index contributed by atoms with van der Waals surface area (Å²) >= 11 is 3.32. The third kappa shape index (κ3) is 31.8. The van der Waals surface area contributed by atoms with Crippen LogP contribution in [0.3, 0.4) is 0 Å². The molecule has 5 heterocycles. The number of rotatable bonds is 24. The number of alkyl halides is 6. The van der Waals surface area contributed by atoms with Gasteiger partial charge >= 0.3 is 90.9 Å². The SMILES string of the molecule is CC(=O)OC[C@H]1OC(c2cccc(Br)c2)[C@@H](O)[C@@H](O)[C@@H]1O.CC(=O)OC[C@H]1OC(c2cccc(C(=O)O)c2)[C@@H](O)[C@@H](O)[C@@H]1OC(C)=O.CC(=O)OC[C@H]1OC(c2cccc(O)c2)[C@@H](O)[C@@H](O)[C@@H]1OC(C)=O.CC(=O)OC[C@H]1OC(c2cccc(OS(=O)(=O)C(F)(F)F)c2)[C@@H](O)[C@@H](O)[C@@H]1OC(C)=O.CC(=O)OC[C@H]1OC(c2ccccc2OS(=O)(=O)C(F)(F)F)[C@@H](O)[C@@H](O)[C@@H]1OC(C)=O. The molecule has 52 heteroatoms. The third-order valence-electron chi connectivity index (χ3n) is 19.1. The van der Waals surface area contributed by atoms with Crippen LogP contribution in [-0.4, -0.2) is 309 Å². The van der Waals surface area contributed by atoms with Gasteiger partial charge in [-0.15, -0.1) is 0 Å². The number of phenolic OH excluding ortho intramolecular Hbond substituents is 1. The Balaban J connectivity index is 0.000000257. The summed E-state index contributed by atoms with van der Waals surface area (Å²) in [6, 6.07) is 27.4. The van der Waals surface area contributed by atoms with Crippen LogP contribution in [0.1, 0.15) is 131 Å². The summed E-state index contributed by atoms with van der Waals surface area (Å²) in [5.41, 5.74) is -10.4. The van der Waals surface area contributed by atoms with Crippen molar-refractivity contribution in [3.8, 4) is 17.2 Å². The number of halogens is 7. The second-order valence-corrected chi connectivity index (χ2v) is 33.3. The lowest BCUT2D eigenvalue weighted by Crippen LogP contribution is -2.57. The first kappa shape index (κ1) is 111. The van der Waals surface area contributed by atoms with Crippen molar-refractivity contribution in [2.45, 2.75) is 226 Å². The van der Waals surface area contributed by atoms with Gasteiger partial charge in [-0.05, 0) is 76.9 Å². The molecule has 0 aliphatic carbocycles. The third-order valence-corrected chi connectivity index (χ3v) is 21.6. The van der Waals surface area contributed by atoms with Crippen molar-refractivity contribution in [1.29, 1.82) is 0 Å². The number of carbonyl (C=O) groups is 10. The lowest BCUT2D eigenvalue weighted by atomic mass is 9.90. The number of aromatic hydroxyl groups is 1. The number of aliphatic hydroxyl groups excluding tert-OH is 11. The van der Waals surface area contributed by atoms with Gasteiger partial charge in [0, 0.05) is 72.3 Å². The van der Waals surface area contributed by atoms with Crippen LogP contribution in [0.15, 0.2) is 126 Å². The number of aromatic carboxylic acids is 1. The average Bonchev–Trinajstić information content (AvgIpc) is 0.765. The number of phenols is 1. The van der Waals surface area contributed by atoms with E-state index in [0.29, 0.717) is 16.7 Å². The lowest BCUT2D eigenvalue weighted by Gasteiger charge is -2.42. The Bertz CT molecular complexity index is 5050. The van der Waals surface area contributed by atoms with Gasteiger partial charge in [0.15, 0.2) is 24.4 Å². The molecule has 0 bridgehead atoms. The number of carbonyl (C=O) groups excluding carboxylic acids is 9. The van der Waals surface area contributed by atoms with Crippen molar-refractivity contribution in [2.75, 3.05) is 33.0 Å². The highest BCUT2D eigenvalue weighted by Gasteiger charge is 2.55. The molecule has 5 unspecified atom stereocenters. The molecule has 0 spiro atoms. The maximum absolute atomic E-state index is 12.7. The van der Waals surface area contributed by atoms with E-state index in [1.165, 1.54) is 75.4 Å². The zero-order valence-electron chi connectivity index (χ0n) is 71.0. The number of ether oxygens (including phenoxy) is 14. The zero-order valence-corrected chi connectivity index (χ0v) is 74.3. The van der Waals surface area contributed by atoms with E-state index in [-0.39, 0.29) is 42.3 Å². The molecule has 5 aliphatic rings. The van der Waals surface area contributed by atoms with E-state index in [9.17, 15) is 152 Å². The number of carboxylic acids is 1. The minimum absolute atomic E-state index is 0.0218. The van der Waals surface area contributed by atoms with Gasteiger partial charge in [0.25, 0.3) is 0 Å². The first-order valence-corrected chi connectivity index (χ1v) is 42.7. The van der Waals surface area contributed by atoms with Gasteiger partial charge in [-0.2, -0.15) is 43.2 Å². The fourth-order valence-corrected chi connectivity index (χ4v) is 14.5. The molecule has 25 atom stereocenters. The molecule has 133 heavy (non-hydrogen) atoms. The summed E-state index contributed by atoms with van der Waals surface area (Å²) < 4.78 is 202. The van der Waals surface area contributed by atoms with Gasteiger partial charge in [0.1, 0.15) is 178 Å². The Labute approximate surface area is 760 Å². The second kappa shape index (κ2) is 49.1. The summed E-state index contributed by atoms with van der Waals surface area (Å²) in [5, 5.41) is 132. The van der Waals surface area contributed by atoms with Crippen LogP contribution in [0, 0.1) is 0 Å². The number of para-hydroxylation sites is 1. The van der Waals surface area contributed by atoms with Crippen LogP contribution in [0.4, 0.5) is 26.3 Å². The summed E-state index contributed by atoms with van der Waals surface area (Å²) in [7, 11) is -12.0. The van der Waals surface area contributed by atoms with Crippen molar-refractivity contribution in [3.63, 3.8) is 0 Å². The normalized spacial score (nSPS) is 28.5. The largest absolute Gasteiger partial charge is 0.534 e. The summed E-state index contributed by atoms with van der Waals surface area (Å²) in [6.07, 6.45) is -33.8. The minimum Gasteiger partial charge on any atom is -0.508 e. The summed E-state index contributed by atoms with van der Waals surface area (Å²) in [5.74, 6) is -8.90. The van der Waals surface area contributed by atoms with Gasteiger partial charge in [0.2, 0.25) is 0 Å². The molecule has 5 fully saturated rings. The van der Waals surface area contributed by atoms with Gasteiger partial charge < -0.3 is 141 Å². The Morgan fingerprint density at radius 2 is 0.639 bits per heavy atom. The monoisotopic (exact) mass is 2010 g/mol. The molecule has 5 aromatic carbocycles. The van der Waals surface area contributed by atoms with Crippen molar-refractivity contribution < 1.29 is 232 Å². The Morgan fingerprint density at radius 3 is 0.992 bits per heavy atom. The maximum atomic E-state index is 12.7. The molecule has 738 valence electrons. The van der Waals surface area contributed by atoms with Crippen molar-refractivity contribution in [2.24, 2.45) is 0 Å². The van der Waals surface area contributed by atoms with Gasteiger partial charge in [-0.25, -0.2) is 4.79 Å². The van der Waals surface area contributed by atoms with Crippen LogP contribution in [0.5, 0.6) is 17.2 Å². The molecule has 0 aromatic heterocycles. The zero-order chi connectivity index (χ0) is 100.0. The van der Waals surface area contributed by atoms with Crippen LogP contribution < -0.4 is 8.37 Å². The Hall–Kier alpha value is -10.5. The van der Waals surface area contributed by atoms with Crippen molar-refractivity contribution in [3.05, 3.63) is 159 Å². The van der Waals surface area contributed by atoms with Gasteiger partial charge in [0.05, 0.1) is 5.56 Å². The van der Waals surface area contributed by atoms with E-state index < -0.39 is 268 Å². The first-order valence-electron chi connectivity index (χ1n) is 39.1. The second-order valence-electron chi connectivity index (χ2n) is 29.3. The predicted molar refractivity (Wildman–Crippen MR) is 429 cm³/mol. The minimum atomic E-state index is -6.04. The smallest absolute Gasteiger partial charge is 0.508 e.